The van der Waals surface area contributed by atoms with Crippen molar-refractivity contribution < 1.29 is 28.1 Å². The maximum atomic E-state index is 13.2. The van der Waals surface area contributed by atoms with Crippen molar-refractivity contribution in [3.05, 3.63) is 54.1 Å². The van der Waals surface area contributed by atoms with Gasteiger partial charge in [0.1, 0.15) is 5.82 Å². The SMILES string of the molecule is CCOc1cn(-c2ccc(F)cc2)nc1C(=O)Nc1cc(OC)c(OC)c(OC)c1. The molecule has 158 valence electrons. The fourth-order valence-electron chi connectivity index (χ4n) is 2.85. The summed E-state index contributed by atoms with van der Waals surface area (Å²) in [5.41, 5.74) is 1.09. The van der Waals surface area contributed by atoms with Gasteiger partial charge in [-0.25, -0.2) is 9.07 Å². The van der Waals surface area contributed by atoms with Crippen LogP contribution in [-0.2, 0) is 0 Å². The Morgan fingerprint density at radius 3 is 2.20 bits per heavy atom. The highest BCUT2D eigenvalue weighted by Crippen LogP contribution is 2.40. The van der Waals surface area contributed by atoms with E-state index in [9.17, 15) is 9.18 Å². The van der Waals surface area contributed by atoms with E-state index in [0.717, 1.165) is 0 Å². The van der Waals surface area contributed by atoms with Crippen LogP contribution >= 0.6 is 0 Å². The van der Waals surface area contributed by atoms with Crippen LogP contribution in [0.2, 0.25) is 0 Å². The molecular formula is C21H22FN3O5. The average Bonchev–Trinajstić information content (AvgIpc) is 3.17. The minimum Gasteiger partial charge on any atom is -0.493 e. The van der Waals surface area contributed by atoms with E-state index in [1.54, 1.807) is 37.4 Å². The van der Waals surface area contributed by atoms with Crippen LogP contribution in [0.25, 0.3) is 5.69 Å². The van der Waals surface area contributed by atoms with Crippen molar-refractivity contribution >= 4 is 11.6 Å². The molecule has 0 atom stereocenters. The summed E-state index contributed by atoms with van der Waals surface area (Å²) in [4.78, 5) is 12.9. The van der Waals surface area contributed by atoms with Crippen molar-refractivity contribution in [2.45, 2.75) is 6.92 Å². The molecule has 1 heterocycles. The van der Waals surface area contributed by atoms with Gasteiger partial charge in [-0.3, -0.25) is 4.79 Å². The molecule has 0 radical (unpaired) electrons. The average molecular weight is 415 g/mol. The van der Waals surface area contributed by atoms with Gasteiger partial charge < -0.3 is 24.3 Å². The third kappa shape index (κ3) is 4.29. The molecule has 1 aromatic heterocycles. The maximum absolute atomic E-state index is 13.2. The van der Waals surface area contributed by atoms with Gasteiger partial charge in [-0.05, 0) is 31.2 Å². The Labute approximate surface area is 173 Å². The van der Waals surface area contributed by atoms with Crippen LogP contribution in [0.3, 0.4) is 0 Å². The number of halogens is 1. The molecule has 0 unspecified atom stereocenters. The fraction of sp³-hybridized carbons (Fsp3) is 0.238. The first kappa shape index (κ1) is 21.0. The molecule has 0 aliphatic heterocycles. The highest BCUT2D eigenvalue weighted by molar-refractivity contribution is 6.05. The Hall–Kier alpha value is -3.75. The summed E-state index contributed by atoms with van der Waals surface area (Å²) < 4.78 is 36.1. The summed E-state index contributed by atoms with van der Waals surface area (Å²) >= 11 is 0. The molecule has 30 heavy (non-hydrogen) atoms. The highest BCUT2D eigenvalue weighted by Gasteiger charge is 2.21. The van der Waals surface area contributed by atoms with Gasteiger partial charge in [0.15, 0.2) is 22.9 Å². The van der Waals surface area contributed by atoms with Crippen LogP contribution in [-0.4, -0.2) is 43.6 Å². The zero-order chi connectivity index (χ0) is 21.7. The van der Waals surface area contributed by atoms with E-state index in [-0.39, 0.29) is 11.5 Å². The zero-order valence-electron chi connectivity index (χ0n) is 17.1. The lowest BCUT2D eigenvalue weighted by Gasteiger charge is -2.14. The summed E-state index contributed by atoms with van der Waals surface area (Å²) in [6, 6.07) is 8.95. The summed E-state index contributed by atoms with van der Waals surface area (Å²) in [6.07, 6.45) is 1.57. The number of nitrogens with one attached hydrogen (secondary N) is 1. The van der Waals surface area contributed by atoms with Gasteiger partial charge in [-0.2, -0.15) is 5.10 Å². The second-order valence-corrected chi connectivity index (χ2v) is 6.06. The second kappa shape index (κ2) is 9.17. The molecule has 0 aliphatic carbocycles. The summed E-state index contributed by atoms with van der Waals surface area (Å²) in [5, 5.41) is 7.08. The van der Waals surface area contributed by atoms with Crippen molar-refractivity contribution in [1.82, 2.24) is 9.78 Å². The van der Waals surface area contributed by atoms with Crippen LogP contribution in [0.5, 0.6) is 23.0 Å². The van der Waals surface area contributed by atoms with Crippen molar-refractivity contribution in [1.29, 1.82) is 0 Å². The molecule has 3 aromatic rings. The third-order valence-electron chi connectivity index (χ3n) is 4.21. The second-order valence-electron chi connectivity index (χ2n) is 6.06. The van der Waals surface area contributed by atoms with Crippen molar-refractivity contribution in [3.63, 3.8) is 0 Å². The number of methoxy groups -OCH3 is 3. The molecule has 0 bridgehead atoms. The highest BCUT2D eigenvalue weighted by atomic mass is 19.1. The minimum atomic E-state index is -0.492. The fourth-order valence-corrected chi connectivity index (χ4v) is 2.85. The maximum Gasteiger partial charge on any atom is 0.280 e. The standard InChI is InChI=1S/C21H22FN3O5/c1-5-30-18-12-25(15-8-6-13(22)7-9-15)24-19(18)21(26)23-14-10-16(27-2)20(29-4)17(11-14)28-3/h6-12H,5H2,1-4H3,(H,23,26). The number of nitrogens with zero attached hydrogens (tertiary/aromatic N) is 2. The molecular weight excluding hydrogens is 393 g/mol. The number of ether oxygens (including phenoxy) is 4. The Bertz CT molecular complexity index is 1010. The minimum absolute atomic E-state index is 0.0786. The first-order chi connectivity index (χ1) is 14.5. The Kier molecular flexibility index (Phi) is 6.41. The molecule has 8 nitrogen and oxygen atoms in total. The number of benzene rings is 2. The quantitative estimate of drug-likeness (QED) is 0.604. The monoisotopic (exact) mass is 415 g/mol. The molecule has 1 amide bonds. The largest absolute Gasteiger partial charge is 0.493 e. The predicted molar refractivity (Wildman–Crippen MR) is 109 cm³/mol. The van der Waals surface area contributed by atoms with Crippen LogP contribution in [0.4, 0.5) is 10.1 Å². The molecule has 9 heteroatoms. The molecule has 3 rings (SSSR count). The molecule has 0 spiro atoms. The number of hydrogen-bond acceptors (Lipinski definition) is 6. The predicted octanol–water partition coefficient (Wildman–Crippen LogP) is 3.69. The number of rotatable bonds is 8. The topological polar surface area (TPSA) is 83.8 Å². The van der Waals surface area contributed by atoms with Crippen LogP contribution in [0, 0.1) is 5.82 Å². The smallest absolute Gasteiger partial charge is 0.280 e. The normalized spacial score (nSPS) is 10.4. The third-order valence-corrected chi connectivity index (χ3v) is 4.21. The lowest BCUT2D eigenvalue weighted by atomic mass is 10.2. The Morgan fingerprint density at radius 2 is 1.67 bits per heavy atom. The number of amides is 1. The van der Waals surface area contributed by atoms with E-state index in [0.29, 0.717) is 41.0 Å². The van der Waals surface area contributed by atoms with E-state index >= 15 is 0 Å². The van der Waals surface area contributed by atoms with Crippen molar-refractivity contribution in [3.8, 4) is 28.7 Å². The molecule has 0 saturated heterocycles. The van der Waals surface area contributed by atoms with Crippen LogP contribution in [0.1, 0.15) is 17.4 Å². The van der Waals surface area contributed by atoms with E-state index in [2.05, 4.69) is 10.4 Å². The van der Waals surface area contributed by atoms with Crippen molar-refractivity contribution in [2.24, 2.45) is 0 Å². The van der Waals surface area contributed by atoms with Gasteiger partial charge in [0.2, 0.25) is 5.75 Å². The summed E-state index contributed by atoms with van der Waals surface area (Å²) in [6.45, 7) is 2.15. The lowest BCUT2D eigenvalue weighted by molar-refractivity contribution is 0.101. The first-order valence-corrected chi connectivity index (χ1v) is 9.10. The van der Waals surface area contributed by atoms with E-state index < -0.39 is 5.91 Å². The van der Waals surface area contributed by atoms with Gasteiger partial charge in [0, 0.05) is 17.8 Å². The van der Waals surface area contributed by atoms with Crippen LogP contribution in [0.15, 0.2) is 42.6 Å². The molecule has 0 fully saturated rings. The van der Waals surface area contributed by atoms with Crippen LogP contribution < -0.4 is 24.3 Å². The number of carbonyl (C=O) groups excluding carboxylic acids is 1. The summed E-state index contributed by atoms with van der Waals surface area (Å²) in [5.74, 6) is 0.647. The molecule has 0 aliphatic rings. The number of carbonyl (C=O) groups is 1. The summed E-state index contributed by atoms with van der Waals surface area (Å²) in [7, 11) is 4.47. The number of hydrogen-bond donors (Lipinski definition) is 1. The van der Waals surface area contributed by atoms with E-state index in [1.807, 2.05) is 0 Å². The van der Waals surface area contributed by atoms with Crippen molar-refractivity contribution in [2.75, 3.05) is 33.3 Å². The van der Waals surface area contributed by atoms with Gasteiger partial charge in [-0.15, -0.1) is 0 Å². The van der Waals surface area contributed by atoms with Gasteiger partial charge >= 0.3 is 0 Å². The van der Waals surface area contributed by atoms with E-state index in [1.165, 1.54) is 38.1 Å². The number of anilines is 1. The molecule has 1 N–H and O–H groups in total. The first-order valence-electron chi connectivity index (χ1n) is 9.10. The molecule has 0 saturated carbocycles. The zero-order valence-corrected chi connectivity index (χ0v) is 17.1. The number of aromatic nitrogens is 2. The lowest BCUT2D eigenvalue weighted by Crippen LogP contribution is -2.15. The van der Waals surface area contributed by atoms with Gasteiger partial charge in [0.25, 0.3) is 5.91 Å². The Balaban J connectivity index is 1.94. The Morgan fingerprint density at radius 1 is 1.03 bits per heavy atom. The molecule has 2 aromatic carbocycles. The van der Waals surface area contributed by atoms with E-state index in [4.69, 9.17) is 18.9 Å². The van der Waals surface area contributed by atoms with Gasteiger partial charge in [-0.1, -0.05) is 0 Å². The van der Waals surface area contributed by atoms with Gasteiger partial charge in [0.05, 0.1) is 39.8 Å².